The van der Waals surface area contributed by atoms with Gasteiger partial charge in [0.2, 0.25) is 5.91 Å². The lowest BCUT2D eigenvalue weighted by molar-refractivity contribution is -0.193. The topological polar surface area (TPSA) is 151 Å². The van der Waals surface area contributed by atoms with Crippen molar-refractivity contribution in [2.45, 2.75) is 65.2 Å². The highest BCUT2D eigenvalue weighted by Gasteiger charge is 2.39. The van der Waals surface area contributed by atoms with Crippen LogP contribution in [-0.2, 0) is 40.6 Å². The molecule has 0 spiro atoms. The maximum Gasteiger partial charge on any atom is 0.490 e. The van der Waals surface area contributed by atoms with Crippen LogP contribution in [0.15, 0.2) is 10.7 Å². The number of aliphatic carboxylic acids is 2. The number of hydrogen-bond donors (Lipinski definition) is 3. The SMILES string of the molecule is Cc1noc(C)c1CN1CCn2c(CNC(=O)C3CC3)cnc2C1.O=C(O)C(F)(F)F.O=C(O)C(F)(F)F. The second kappa shape index (κ2) is 12.3. The predicted molar refractivity (Wildman–Crippen MR) is 114 cm³/mol. The second-order valence-corrected chi connectivity index (χ2v) is 8.43. The van der Waals surface area contributed by atoms with Crippen LogP contribution >= 0.6 is 0 Å². The molecule has 17 heteroatoms. The quantitative estimate of drug-likeness (QED) is 0.472. The lowest BCUT2D eigenvalue weighted by Gasteiger charge is -2.28. The molecular weight excluding hydrogens is 532 g/mol. The lowest BCUT2D eigenvalue weighted by Crippen LogP contribution is -2.35. The molecule has 11 nitrogen and oxygen atoms in total. The number of rotatable bonds is 5. The van der Waals surface area contributed by atoms with Crippen molar-refractivity contribution in [2.75, 3.05) is 6.54 Å². The molecule has 0 aromatic carbocycles. The van der Waals surface area contributed by atoms with Crippen LogP contribution in [0.5, 0.6) is 0 Å². The van der Waals surface area contributed by atoms with Crippen molar-refractivity contribution in [3.8, 4) is 0 Å². The number of nitrogens with one attached hydrogen (secondary N) is 1. The van der Waals surface area contributed by atoms with Crippen molar-refractivity contribution in [1.82, 2.24) is 24.9 Å². The molecule has 2 aromatic heterocycles. The molecule has 4 rings (SSSR count). The molecule has 1 amide bonds. The molecule has 212 valence electrons. The van der Waals surface area contributed by atoms with E-state index in [4.69, 9.17) is 24.3 Å². The number of alkyl halides is 6. The third kappa shape index (κ3) is 9.04. The van der Waals surface area contributed by atoms with Crippen molar-refractivity contribution in [3.05, 3.63) is 34.7 Å². The fourth-order valence-corrected chi connectivity index (χ4v) is 3.27. The maximum atomic E-state index is 11.8. The highest BCUT2D eigenvalue weighted by molar-refractivity contribution is 5.80. The number of carbonyl (C=O) groups excluding carboxylic acids is 1. The third-order valence-corrected chi connectivity index (χ3v) is 5.47. The van der Waals surface area contributed by atoms with Crippen LogP contribution in [0.25, 0.3) is 0 Å². The van der Waals surface area contributed by atoms with Crippen LogP contribution in [0.3, 0.4) is 0 Å². The summed E-state index contributed by atoms with van der Waals surface area (Å²) in [6.45, 7) is 8.01. The van der Waals surface area contributed by atoms with E-state index in [2.05, 4.69) is 24.9 Å². The van der Waals surface area contributed by atoms with Crippen molar-refractivity contribution in [3.63, 3.8) is 0 Å². The Hall–Kier alpha value is -3.63. The molecular formula is C21H25F6N5O6. The van der Waals surface area contributed by atoms with Gasteiger partial charge in [0, 0.05) is 31.1 Å². The predicted octanol–water partition coefficient (Wildman–Crippen LogP) is 2.80. The average molecular weight is 557 g/mol. The molecule has 0 unspecified atom stereocenters. The van der Waals surface area contributed by atoms with E-state index in [1.54, 1.807) is 0 Å². The molecule has 1 aliphatic heterocycles. The fraction of sp³-hybridized carbons (Fsp3) is 0.571. The van der Waals surface area contributed by atoms with Gasteiger partial charge < -0.3 is 24.6 Å². The van der Waals surface area contributed by atoms with Gasteiger partial charge in [-0.15, -0.1) is 0 Å². The van der Waals surface area contributed by atoms with Crippen LogP contribution in [-0.4, -0.2) is 66.6 Å². The average Bonchev–Trinajstić information content (AvgIpc) is 3.52. The molecule has 0 bridgehead atoms. The van der Waals surface area contributed by atoms with Crippen LogP contribution in [0, 0.1) is 19.8 Å². The largest absolute Gasteiger partial charge is 0.490 e. The van der Waals surface area contributed by atoms with Gasteiger partial charge in [0.1, 0.15) is 11.6 Å². The van der Waals surface area contributed by atoms with Gasteiger partial charge in [0.25, 0.3) is 0 Å². The minimum Gasteiger partial charge on any atom is -0.475 e. The number of imidazole rings is 1. The molecule has 1 aliphatic carbocycles. The summed E-state index contributed by atoms with van der Waals surface area (Å²) in [5.74, 6) is -3.13. The van der Waals surface area contributed by atoms with Crippen molar-refractivity contribution < 1.29 is 55.5 Å². The Bertz CT molecular complexity index is 1100. The number of carboxylic acids is 2. The highest BCUT2D eigenvalue weighted by atomic mass is 19.4. The molecule has 1 saturated carbocycles. The summed E-state index contributed by atoms with van der Waals surface area (Å²) in [7, 11) is 0. The molecule has 3 heterocycles. The van der Waals surface area contributed by atoms with E-state index in [0.717, 1.165) is 62.0 Å². The van der Waals surface area contributed by atoms with Gasteiger partial charge in [0.15, 0.2) is 0 Å². The van der Waals surface area contributed by atoms with E-state index >= 15 is 0 Å². The first-order chi connectivity index (χ1) is 17.5. The van der Waals surface area contributed by atoms with Gasteiger partial charge in [0.05, 0.1) is 30.7 Å². The third-order valence-electron chi connectivity index (χ3n) is 5.47. The summed E-state index contributed by atoms with van der Waals surface area (Å²) in [5, 5.41) is 21.3. The first-order valence-corrected chi connectivity index (χ1v) is 11.1. The molecule has 38 heavy (non-hydrogen) atoms. The van der Waals surface area contributed by atoms with Crippen molar-refractivity contribution in [1.29, 1.82) is 0 Å². The summed E-state index contributed by atoms with van der Waals surface area (Å²) in [4.78, 5) is 36.5. The van der Waals surface area contributed by atoms with E-state index < -0.39 is 24.3 Å². The monoisotopic (exact) mass is 557 g/mol. The second-order valence-electron chi connectivity index (χ2n) is 8.43. The Balaban J connectivity index is 0.000000301. The Kier molecular flexibility index (Phi) is 9.88. The number of carbonyl (C=O) groups is 3. The number of aromatic nitrogens is 3. The van der Waals surface area contributed by atoms with Crippen LogP contribution < -0.4 is 5.32 Å². The summed E-state index contributed by atoms with van der Waals surface area (Å²) in [6, 6.07) is 0. The standard InChI is InChI=1S/C17H23N5O2.2C2HF3O2/c1-11-15(12(2)24-20-11)9-21-5-6-22-14(7-18-16(22)10-21)8-19-17(23)13-3-4-13;2*3-2(4,5)1(6)7/h7,13H,3-6,8-10H2,1-2H3,(H,19,23);2*(H,6,7). The molecule has 0 radical (unpaired) electrons. The number of fused-ring (bicyclic) bond motifs is 1. The van der Waals surface area contributed by atoms with E-state index in [1.165, 1.54) is 5.56 Å². The minimum absolute atomic E-state index is 0.182. The van der Waals surface area contributed by atoms with E-state index in [-0.39, 0.29) is 11.8 Å². The molecule has 0 atom stereocenters. The molecule has 0 saturated heterocycles. The fourth-order valence-electron chi connectivity index (χ4n) is 3.27. The number of halogens is 6. The van der Waals surface area contributed by atoms with Crippen molar-refractivity contribution in [2.24, 2.45) is 5.92 Å². The summed E-state index contributed by atoms with van der Waals surface area (Å²) >= 11 is 0. The summed E-state index contributed by atoms with van der Waals surface area (Å²) < 4.78 is 71.0. The molecule has 3 N–H and O–H groups in total. The number of carboxylic acid groups (broad SMARTS) is 2. The van der Waals surface area contributed by atoms with Crippen LogP contribution in [0.4, 0.5) is 26.3 Å². The zero-order valence-electron chi connectivity index (χ0n) is 20.2. The maximum absolute atomic E-state index is 11.8. The zero-order valence-corrected chi connectivity index (χ0v) is 20.2. The number of amides is 1. The van der Waals surface area contributed by atoms with Gasteiger partial charge in [-0.25, -0.2) is 14.6 Å². The number of hydrogen-bond acceptors (Lipinski definition) is 7. The Morgan fingerprint density at radius 1 is 1.05 bits per heavy atom. The summed E-state index contributed by atoms with van der Waals surface area (Å²) in [5.41, 5.74) is 3.23. The van der Waals surface area contributed by atoms with E-state index in [9.17, 15) is 31.1 Å². The van der Waals surface area contributed by atoms with Crippen molar-refractivity contribution >= 4 is 17.8 Å². The van der Waals surface area contributed by atoms with Gasteiger partial charge in [-0.2, -0.15) is 26.3 Å². The Morgan fingerprint density at radius 3 is 2.05 bits per heavy atom. The molecule has 2 aliphatic rings. The first kappa shape index (κ1) is 30.6. The normalized spacial score (nSPS) is 15.4. The zero-order chi connectivity index (χ0) is 28.8. The van der Waals surface area contributed by atoms with E-state index in [0.29, 0.717) is 6.54 Å². The minimum atomic E-state index is -5.08. The van der Waals surface area contributed by atoms with Gasteiger partial charge in [-0.05, 0) is 26.7 Å². The molecule has 2 aromatic rings. The van der Waals surface area contributed by atoms with Gasteiger partial charge >= 0.3 is 24.3 Å². The lowest BCUT2D eigenvalue weighted by atomic mass is 10.2. The Labute approximate surface area is 211 Å². The molecule has 1 fully saturated rings. The van der Waals surface area contributed by atoms with Crippen LogP contribution in [0.2, 0.25) is 0 Å². The number of nitrogens with zero attached hydrogens (tertiary/aromatic N) is 4. The first-order valence-electron chi connectivity index (χ1n) is 11.1. The van der Waals surface area contributed by atoms with Gasteiger partial charge in [-0.3, -0.25) is 9.69 Å². The van der Waals surface area contributed by atoms with Gasteiger partial charge in [-0.1, -0.05) is 5.16 Å². The number of aryl methyl sites for hydroxylation is 2. The Morgan fingerprint density at radius 2 is 1.61 bits per heavy atom. The highest BCUT2D eigenvalue weighted by Crippen LogP contribution is 2.29. The smallest absolute Gasteiger partial charge is 0.475 e. The van der Waals surface area contributed by atoms with Crippen LogP contribution in [0.1, 0.15) is 41.4 Å². The summed E-state index contributed by atoms with van der Waals surface area (Å²) in [6.07, 6.45) is -6.21. The van der Waals surface area contributed by atoms with E-state index in [1.807, 2.05) is 20.0 Å².